The van der Waals surface area contributed by atoms with Crippen LogP contribution in [-0.2, 0) is 0 Å². The highest BCUT2D eigenvalue weighted by atomic mass is 79.9. The van der Waals surface area contributed by atoms with Crippen molar-refractivity contribution in [3.63, 3.8) is 0 Å². The van der Waals surface area contributed by atoms with Crippen LogP contribution in [0.15, 0.2) is 28.7 Å². The molecule has 0 bridgehead atoms. The van der Waals surface area contributed by atoms with Gasteiger partial charge in [-0.25, -0.2) is 0 Å². The van der Waals surface area contributed by atoms with E-state index < -0.39 is 0 Å². The molecule has 0 radical (unpaired) electrons. The van der Waals surface area contributed by atoms with Crippen molar-refractivity contribution >= 4 is 27.5 Å². The molecule has 0 atom stereocenters. The summed E-state index contributed by atoms with van der Waals surface area (Å²) in [5.74, 6) is 0.508. The lowest BCUT2D eigenvalue weighted by atomic mass is 10.2. The first-order chi connectivity index (χ1) is 8.69. The van der Waals surface area contributed by atoms with Gasteiger partial charge in [0.05, 0.1) is 6.61 Å². The zero-order chi connectivity index (χ0) is 13.0. The third-order valence-electron chi connectivity index (χ3n) is 2.13. The van der Waals surface area contributed by atoms with E-state index in [9.17, 15) is 0 Å². The molecule has 6 heteroatoms. The van der Waals surface area contributed by atoms with Crippen molar-refractivity contribution < 1.29 is 4.74 Å². The Bertz CT molecular complexity index is 533. The normalized spacial score (nSPS) is 10.4. The Morgan fingerprint density at radius 2 is 1.89 bits per heavy atom. The van der Waals surface area contributed by atoms with Crippen LogP contribution >= 0.6 is 27.5 Å². The predicted octanol–water partition coefficient (Wildman–Crippen LogP) is 3.74. The minimum atomic E-state index is 0.133. The highest BCUT2D eigenvalue weighted by Gasteiger charge is 2.08. The molecule has 0 saturated heterocycles. The molecule has 0 aliphatic carbocycles. The number of benzene rings is 1. The average Bonchev–Trinajstić information content (AvgIpc) is 2.36. The Balaban J connectivity index is 2.32. The second kappa shape index (κ2) is 6.11. The number of aromatic nitrogens is 3. The summed E-state index contributed by atoms with van der Waals surface area (Å²) in [5, 5.41) is 0.133. The summed E-state index contributed by atoms with van der Waals surface area (Å²) in [6, 6.07) is 7.90. The van der Waals surface area contributed by atoms with Gasteiger partial charge in [0.2, 0.25) is 5.28 Å². The maximum atomic E-state index is 5.86. The summed E-state index contributed by atoms with van der Waals surface area (Å²) in [6.07, 6.45) is 0.886. The van der Waals surface area contributed by atoms with Crippen LogP contribution in [0.2, 0.25) is 5.28 Å². The van der Waals surface area contributed by atoms with Crippen LogP contribution in [0, 0.1) is 0 Å². The Morgan fingerprint density at radius 1 is 1.17 bits per heavy atom. The lowest BCUT2D eigenvalue weighted by molar-refractivity contribution is 0.291. The summed E-state index contributed by atoms with van der Waals surface area (Å²) in [7, 11) is 0. The molecule has 1 aromatic heterocycles. The first-order valence-electron chi connectivity index (χ1n) is 5.49. The van der Waals surface area contributed by atoms with Crippen LogP contribution in [0.1, 0.15) is 13.3 Å². The minimum Gasteiger partial charge on any atom is -0.463 e. The zero-order valence-corrected chi connectivity index (χ0v) is 12.1. The van der Waals surface area contributed by atoms with Gasteiger partial charge in [0.25, 0.3) is 0 Å². The van der Waals surface area contributed by atoms with Crippen molar-refractivity contribution in [2.45, 2.75) is 13.3 Å². The maximum Gasteiger partial charge on any atom is 0.321 e. The standard InChI is InChI=1S/C12H11BrClN3O/c1-2-7-18-12-16-10(15-11(14)17-12)8-3-5-9(13)6-4-8/h3-6H,2,7H2,1H3. The van der Waals surface area contributed by atoms with E-state index in [-0.39, 0.29) is 11.3 Å². The fraction of sp³-hybridized carbons (Fsp3) is 0.250. The predicted molar refractivity (Wildman–Crippen MR) is 73.8 cm³/mol. The minimum absolute atomic E-state index is 0.133. The molecule has 0 N–H and O–H groups in total. The molecule has 4 nitrogen and oxygen atoms in total. The molecule has 0 saturated carbocycles. The molecular formula is C12H11BrClN3O. The summed E-state index contributed by atoms with van der Waals surface area (Å²) in [5.41, 5.74) is 0.865. The van der Waals surface area contributed by atoms with Crippen LogP contribution in [0.25, 0.3) is 11.4 Å². The Hall–Kier alpha value is -1.20. The van der Waals surface area contributed by atoms with Crippen LogP contribution < -0.4 is 4.74 Å². The smallest absolute Gasteiger partial charge is 0.321 e. The quantitative estimate of drug-likeness (QED) is 0.858. The first-order valence-corrected chi connectivity index (χ1v) is 6.66. The highest BCUT2D eigenvalue weighted by Crippen LogP contribution is 2.21. The van der Waals surface area contributed by atoms with Crippen molar-refractivity contribution in [3.8, 4) is 17.4 Å². The van der Waals surface area contributed by atoms with Crippen LogP contribution in [0.4, 0.5) is 0 Å². The van der Waals surface area contributed by atoms with Crippen LogP contribution in [0.3, 0.4) is 0 Å². The number of halogens is 2. The number of ether oxygens (including phenoxy) is 1. The highest BCUT2D eigenvalue weighted by molar-refractivity contribution is 9.10. The molecule has 18 heavy (non-hydrogen) atoms. The number of hydrogen-bond donors (Lipinski definition) is 0. The maximum absolute atomic E-state index is 5.86. The van der Waals surface area contributed by atoms with Crippen molar-refractivity contribution in [1.82, 2.24) is 15.0 Å². The van der Waals surface area contributed by atoms with Gasteiger partial charge in [-0.2, -0.15) is 15.0 Å². The van der Waals surface area contributed by atoms with Crippen molar-refractivity contribution in [1.29, 1.82) is 0 Å². The first kappa shape index (κ1) is 13.2. The lowest BCUT2D eigenvalue weighted by Crippen LogP contribution is -2.02. The van der Waals surface area contributed by atoms with Gasteiger partial charge in [-0.15, -0.1) is 0 Å². The zero-order valence-electron chi connectivity index (χ0n) is 9.73. The van der Waals surface area contributed by atoms with Crippen molar-refractivity contribution in [2.75, 3.05) is 6.61 Å². The number of hydrogen-bond acceptors (Lipinski definition) is 4. The SMILES string of the molecule is CCCOc1nc(Cl)nc(-c2ccc(Br)cc2)n1. The average molecular weight is 329 g/mol. The molecule has 2 rings (SSSR count). The van der Waals surface area contributed by atoms with E-state index in [0.717, 1.165) is 16.5 Å². The van der Waals surface area contributed by atoms with Gasteiger partial charge >= 0.3 is 6.01 Å². The second-order valence-corrected chi connectivity index (χ2v) is 4.82. The van der Waals surface area contributed by atoms with Gasteiger partial charge in [-0.05, 0) is 30.2 Å². The van der Waals surface area contributed by atoms with Crippen molar-refractivity contribution in [2.24, 2.45) is 0 Å². The van der Waals surface area contributed by atoms with E-state index in [1.807, 2.05) is 31.2 Å². The molecule has 0 aliphatic heterocycles. The topological polar surface area (TPSA) is 47.9 Å². The van der Waals surface area contributed by atoms with Gasteiger partial charge in [0.1, 0.15) is 0 Å². The van der Waals surface area contributed by atoms with Crippen LogP contribution in [0.5, 0.6) is 6.01 Å². The molecule has 1 heterocycles. The molecule has 94 valence electrons. The second-order valence-electron chi connectivity index (χ2n) is 3.57. The molecule has 2 aromatic rings. The number of rotatable bonds is 4. The Labute approximate surface area is 119 Å². The van der Waals surface area contributed by atoms with E-state index in [1.165, 1.54) is 0 Å². The molecule has 0 aliphatic rings. The van der Waals surface area contributed by atoms with E-state index >= 15 is 0 Å². The van der Waals surface area contributed by atoms with Gasteiger partial charge in [0.15, 0.2) is 5.82 Å². The molecule has 0 spiro atoms. The molecule has 0 fully saturated rings. The molecule has 1 aromatic carbocycles. The number of nitrogens with zero attached hydrogens (tertiary/aromatic N) is 3. The van der Waals surface area contributed by atoms with Gasteiger partial charge < -0.3 is 4.74 Å². The summed E-state index contributed by atoms with van der Waals surface area (Å²) in [4.78, 5) is 12.2. The Morgan fingerprint density at radius 3 is 2.56 bits per heavy atom. The largest absolute Gasteiger partial charge is 0.463 e. The summed E-state index contributed by atoms with van der Waals surface area (Å²) >= 11 is 9.24. The Kier molecular flexibility index (Phi) is 4.49. The molecular weight excluding hydrogens is 318 g/mol. The summed E-state index contributed by atoms with van der Waals surface area (Å²) in [6.45, 7) is 2.57. The van der Waals surface area contributed by atoms with E-state index in [2.05, 4.69) is 30.9 Å². The molecule has 0 amide bonds. The van der Waals surface area contributed by atoms with Gasteiger partial charge in [0, 0.05) is 10.0 Å². The van der Waals surface area contributed by atoms with E-state index in [0.29, 0.717) is 12.4 Å². The third kappa shape index (κ3) is 3.40. The van der Waals surface area contributed by atoms with Crippen LogP contribution in [-0.4, -0.2) is 21.6 Å². The fourth-order valence-corrected chi connectivity index (χ4v) is 1.73. The lowest BCUT2D eigenvalue weighted by Gasteiger charge is -2.05. The van der Waals surface area contributed by atoms with E-state index in [1.54, 1.807) is 0 Å². The third-order valence-corrected chi connectivity index (χ3v) is 2.82. The van der Waals surface area contributed by atoms with Gasteiger partial charge in [-0.3, -0.25) is 0 Å². The van der Waals surface area contributed by atoms with Gasteiger partial charge in [-0.1, -0.05) is 35.0 Å². The fourth-order valence-electron chi connectivity index (χ4n) is 1.32. The van der Waals surface area contributed by atoms with Crippen molar-refractivity contribution in [3.05, 3.63) is 34.0 Å². The monoisotopic (exact) mass is 327 g/mol. The van der Waals surface area contributed by atoms with E-state index in [4.69, 9.17) is 16.3 Å². The summed E-state index contributed by atoms with van der Waals surface area (Å²) < 4.78 is 6.36. The molecule has 0 unspecified atom stereocenters.